The molecule has 0 aromatic carbocycles. The van der Waals surface area contributed by atoms with Crippen LogP contribution in [0.25, 0.3) is 0 Å². The number of hydroxylamine groups is 2. The van der Waals surface area contributed by atoms with E-state index < -0.39 is 0 Å². The first-order valence-electron chi connectivity index (χ1n) is 4.38. The monoisotopic (exact) mass is 183 g/mol. The van der Waals surface area contributed by atoms with Crippen molar-refractivity contribution in [2.45, 2.75) is 12.6 Å². The number of nitrogens with zero attached hydrogens (tertiary/aromatic N) is 3. The van der Waals surface area contributed by atoms with Gasteiger partial charge in [-0.3, -0.25) is 9.52 Å². The van der Waals surface area contributed by atoms with Crippen molar-refractivity contribution in [2.75, 3.05) is 19.7 Å². The Labute approximate surface area is 76.5 Å². The number of rotatable bonds is 3. The highest BCUT2D eigenvalue weighted by molar-refractivity contribution is 4.77. The van der Waals surface area contributed by atoms with Gasteiger partial charge in [-0.2, -0.15) is 10.2 Å². The summed E-state index contributed by atoms with van der Waals surface area (Å²) < 4.78 is 1.84. The van der Waals surface area contributed by atoms with Gasteiger partial charge in [-0.15, -0.1) is 0 Å². The highest BCUT2D eigenvalue weighted by atomic mass is 16.7. The lowest BCUT2D eigenvalue weighted by Crippen LogP contribution is -2.25. The molecule has 2 rings (SSSR count). The molecular formula is C8H13N3O2. The van der Waals surface area contributed by atoms with E-state index in [0.717, 1.165) is 13.1 Å². The van der Waals surface area contributed by atoms with Gasteiger partial charge in [-0.1, -0.05) is 0 Å². The van der Waals surface area contributed by atoms with Crippen LogP contribution in [0, 0.1) is 0 Å². The van der Waals surface area contributed by atoms with Crippen LogP contribution in [0.5, 0.6) is 0 Å². The molecule has 0 aliphatic carbocycles. The molecule has 1 saturated heterocycles. The van der Waals surface area contributed by atoms with E-state index in [9.17, 15) is 0 Å². The van der Waals surface area contributed by atoms with Crippen molar-refractivity contribution >= 4 is 0 Å². The lowest BCUT2D eigenvalue weighted by Gasteiger charge is -2.12. The van der Waals surface area contributed by atoms with Crippen molar-refractivity contribution in [3.8, 4) is 0 Å². The topological polar surface area (TPSA) is 50.5 Å². The molecule has 0 spiro atoms. The van der Waals surface area contributed by atoms with E-state index in [2.05, 4.69) is 5.10 Å². The molecule has 1 aromatic heterocycles. The summed E-state index contributed by atoms with van der Waals surface area (Å²) in [4.78, 5) is 5.21. The Hall–Kier alpha value is -0.910. The van der Waals surface area contributed by atoms with Gasteiger partial charge < -0.3 is 5.11 Å². The SMILES string of the molecule is OC1CON(CCn2cccn2)C1. The highest BCUT2D eigenvalue weighted by Crippen LogP contribution is 2.04. The highest BCUT2D eigenvalue weighted by Gasteiger charge is 2.20. The van der Waals surface area contributed by atoms with Crippen LogP contribution in [0.2, 0.25) is 0 Å². The fourth-order valence-electron chi connectivity index (χ4n) is 1.33. The van der Waals surface area contributed by atoms with Gasteiger partial charge in [-0.25, -0.2) is 0 Å². The molecule has 0 bridgehead atoms. The van der Waals surface area contributed by atoms with Gasteiger partial charge in [-0.05, 0) is 6.07 Å². The number of β-amino-alcohol motifs (C(OH)–C–C–N with tert-alkyl or cyclic N) is 1. The van der Waals surface area contributed by atoms with Crippen LogP contribution >= 0.6 is 0 Å². The summed E-state index contributed by atoms with van der Waals surface area (Å²) >= 11 is 0. The maximum Gasteiger partial charge on any atom is 0.0958 e. The van der Waals surface area contributed by atoms with Gasteiger partial charge in [0.05, 0.1) is 25.8 Å². The molecule has 1 atom stereocenters. The van der Waals surface area contributed by atoms with Crippen molar-refractivity contribution in [1.29, 1.82) is 0 Å². The minimum absolute atomic E-state index is 0.336. The molecule has 5 nitrogen and oxygen atoms in total. The van der Waals surface area contributed by atoms with Crippen molar-refractivity contribution in [2.24, 2.45) is 0 Å². The molecule has 13 heavy (non-hydrogen) atoms. The standard InChI is InChI=1S/C8H13N3O2/c12-8-6-11(13-7-8)5-4-10-3-1-2-9-10/h1-3,8,12H,4-7H2. The van der Waals surface area contributed by atoms with Crippen LogP contribution in [-0.4, -0.2) is 45.8 Å². The van der Waals surface area contributed by atoms with Crippen LogP contribution in [0.15, 0.2) is 18.5 Å². The summed E-state index contributed by atoms with van der Waals surface area (Å²) in [5, 5.41) is 15.0. The summed E-state index contributed by atoms with van der Waals surface area (Å²) in [6.45, 7) is 2.57. The fraction of sp³-hybridized carbons (Fsp3) is 0.625. The molecule has 1 unspecified atom stereocenters. The van der Waals surface area contributed by atoms with Crippen LogP contribution in [-0.2, 0) is 11.4 Å². The Kier molecular flexibility index (Phi) is 2.58. The summed E-state index contributed by atoms with van der Waals surface area (Å²) in [5.74, 6) is 0. The molecule has 1 N–H and O–H groups in total. The molecule has 1 aliphatic heterocycles. The van der Waals surface area contributed by atoms with Crippen LogP contribution in [0.1, 0.15) is 0 Å². The van der Waals surface area contributed by atoms with Crippen LogP contribution in [0.4, 0.5) is 0 Å². The van der Waals surface area contributed by atoms with Gasteiger partial charge in [0.2, 0.25) is 0 Å². The second-order valence-electron chi connectivity index (χ2n) is 3.11. The Morgan fingerprint density at radius 3 is 3.08 bits per heavy atom. The van der Waals surface area contributed by atoms with Crippen molar-refractivity contribution in [3.05, 3.63) is 18.5 Å². The zero-order valence-corrected chi connectivity index (χ0v) is 7.33. The molecule has 1 aromatic rings. The molecule has 0 saturated carbocycles. The van der Waals surface area contributed by atoms with Crippen LogP contribution in [0.3, 0.4) is 0 Å². The molecule has 72 valence electrons. The molecule has 1 aliphatic rings. The Bertz CT molecular complexity index is 250. The van der Waals surface area contributed by atoms with Crippen LogP contribution < -0.4 is 0 Å². The molecule has 0 radical (unpaired) electrons. The first-order chi connectivity index (χ1) is 6.34. The quantitative estimate of drug-likeness (QED) is 0.685. The Morgan fingerprint density at radius 2 is 2.46 bits per heavy atom. The lowest BCUT2D eigenvalue weighted by atomic mass is 10.4. The number of aliphatic hydroxyl groups excluding tert-OH is 1. The maximum atomic E-state index is 9.17. The summed E-state index contributed by atoms with van der Waals surface area (Å²) in [5.41, 5.74) is 0. The predicted molar refractivity (Wildman–Crippen MR) is 45.8 cm³/mol. The molecule has 0 amide bonds. The van der Waals surface area contributed by atoms with E-state index in [0.29, 0.717) is 13.2 Å². The van der Waals surface area contributed by atoms with E-state index in [1.54, 1.807) is 11.3 Å². The van der Waals surface area contributed by atoms with Gasteiger partial charge in [0, 0.05) is 18.9 Å². The third-order valence-electron chi connectivity index (χ3n) is 2.00. The van der Waals surface area contributed by atoms with Crippen molar-refractivity contribution < 1.29 is 9.94 Å². The minimum atomic E-state index is -0.336. The third kappa shape index (κ3) is 2.27. The fourth-order valence-corrected chi connectivity index (χ4v) is 1.33. The second kappa shape index (κ2) is 3.87. The predicted octanol–water partition coefficient (Wildman–Crippen LogP) is -0.509. The van der Waals surface area contributed by atoms with Crippen molar-refractivity contribution in [3.63, 3.8) is 0 Å². The maximum absolute atomic E-state index is 9.17. The van der Waals surface area contributed by atoms with E-state index in [1.807, 2.05) is 16.9 Å². The number of hydrogen-bond donors (Lipinski definition) is 1. The summed E-state index contributed by atoms with van der Waals surface area (Å²) in [6, 6.07) is 1.89. The Balaban J connectivity index is 1.74. The summed E-state index contributed by atoms with van der Waals surface area (Å²) in [6.07, 6.45) is 3.32. The zero-order valence-electron chi connectivity index (χ0n) is 7.33. The first-order valence-corrected chi connectivity index (χ1v) is 4.38. The van der Waals surface area contributed by atoms with E-state index >= 15 is 0 Å². The lowest BCUT2D eigenvalue weighted by molar-refractivity contribution is -0.112. The van der Waals surface area contributed by atoms with E-state index in [1.165, 1.54) is 0 Å². The minimum Gasteiger partial charge on any atom is -0.389 e. The van der Waals surface area contributed by atoms with Gasteiger partial charge in [0.15, 0.2) is 0 Å². The normalized spacial score (nSPS) is 23.9. The van der Waals surface area contributed by atoms with Gasteiger partial charge in [0.1, 0.15) is 0 Å². The first kappa shape index (κ1) is 8.68. The summed E-state index contributed by atoms with van der Waals surface area (Å²) in [7, 11) is 0. The second-order valence-corrected chi connectivity index (χ2v) is 3.11. The largest absolute Gasteiger partial charge is 0.389 e. The van der Waals surface area contributed by atoms with E-state index in [4.69, 9.17) is 9.94 Å². The number of aromatic nitrogens is 2. The molecule has 5 heteroatoms. The molecular weight excluding hydrogens is 170 g/mol. The Morgan fingerprint density at radius 1 is 1.54 bits per heavy atom. The molecule has 2 heterocycles. The smallest absolute Gasteiger partial charge is 0.0958 e. The average molecular weight is 183 g/mol. The number of hydrogen-bond acceptors (Lipinski definition) is 4. The van der Waals surface area contributed by atoms with E-state index in [-0.39, 0.29) is 6.10 Å². The van der Waals surface area contributed by atoms with Gasteiger partial charge in [0.25, 0.3) is 0 Å². The third-order valence-corrected chi connectivity index (χ3v) is 2.00. The van der Waals surface area contributed by atoms with Crippen molar-refractivity contribution in [1.82, 2.24) is 14.8 Å². The number of aliphatic hydroxyl groups is 1. The zero-order chi connectivity index (χ0) is 9.10. The van der Waals surface area contributed by atoms with Gasteiger partial charge >= 0.3 is 0 Å². The average Bonchev–Trinajstić information content (AvgIpc) is 2.71. The molecule has 1 fully saturated rings.